The van der Waals surface area contributed by atoms with Gasteiger partial charge in [0.25, 0.3) is 0 Å². The van der Waals surface area contributed by atoms with Gasteiger partial charge in [0.2, 0.25) is 0 Å². The summed E-state index contributed by atoms with van der Waals surface area (Å²) in [6.07, 6.45) is 0. The van der Waals surface area contributed by atoms with Crippen LogP contribution in [0.4, 0.5) is 28.4 Å². The minimum Gasteiger partial charge on any atom is -0.397 e. The molecule has 0 aliphatic carbocycles. The lowest BCUT2D eigenvalue weighted by Gasteiger charge is -2.12. The van der Waals surface area contributed by atoms with Crippen LogP contribution in [0.25, 0.3) is 0 Å². The number of rotatable bonds is 1. The molecule has 0 amide bonds. The minimum absolute atomic E-state index is 0.0594. The van der Waals surface area contributed by atoms with Crippen molar-refractivity contribution >= 4 is 28.4 Å². The number of anilines is 4. The van der Waals surface area contributed by atoms with Crippen molar-refractivity contribution < 1.29 is 0 Å². The van der Waals surface area contributed by atoms with Gasteiger partial charge in [-0.1, -0.05) is 0 Å². The second-order valence-electron chi connectivity index (χ2n) is 2.72. The highest BCUT2D eigenvalue weighted by atomic mass is 16.3. The lowest BCUT2D eigenvalue weighted by Crippen LogP contribution is -2.06. The summed E-state index contributed by atoms with van der Waals surface area (Å²) in [5.41, 5.74) is 23.3. The number of nitrogen functional groups attached to an aromatic ring is 4. The van der Waals surface area contributed by atoms with Gasteiger partial charge in [-0.3, -0.25) is 0 Å². The first kappa shape index (κ1) is 9.11. The molecule has 0 radical (unpaired) electrons. The van der Waals surface area contributed by atoms with Gasteiger partial charge >= 0.3 is 0 Å². The zero-order valence-electron chi connectivity index (χ0n) is 7.16. The van der Waals surface area contributed by atoms with E-state index in [1.54, 1.807) is 6.92 Å². The van der Waals surface area contributed by atoms with E-state index in [2.05, 4.69) is 5.18 Å². The average Bonchev–Trinajstić information content (AvgIpc) is 2.13. The van der Waals surface area contributed by atoms with Gasteiger partial charge in [0.1, 0.15) is 5.69 Å². The Morgan fingerprint density at radius 1 is 0.923 bits per heavy atom. The number of nitrogens with zero attached hydrogens (tertiary/aromatic N) is 1. The largest absolute Gasteiger partial charge is 0.397 e. The predicted octanol–water partition coefficient (Wildman–Crippen LogP) is 0.722. The summed E-state index contributed by atoms with van der Waals surface area (Å²) in [5, 5.41) is 2.74. The van der Waals surface area contributed by atoms with Crippen LogP contribution in [-0.4, -0.2) is 0 Å². The third-order valence-electron chi connectivity index (χ3n) is 1.98. The third-order valence-corrected chi connectivity index (χ3v) is 1.98. The first-order valence-corrected chi connectivity index (χ1v) is 3.56. The van der Waals surface area contributed by atoms with Crippen molar-refractivity contribution in [2.75, 3.05) is 22.9 Å². The lowest BCUT2D eigenvalue weighted by molar-refractivity contribution is 1.39. The molecule has 1 aromatic rings. The Kier molecular flexibility index (Phi) is 1.97. The number of hydrogen-bond acceptors (Lipinski definition) is 6. The smallest absolute Gasteiger partial charge is 0.138 e. The maximum Gasteiger partial charge on any atom is 0.138 e. The summed E-state index contributed by atoms with van der Waals surface area (Å²) in [5.74, 6) is 0. The Hall–Kier alpha value is -1.98. The zero-order chi connectivity index (χ0) is 10.2. The highest BCUT2D eigenvalue weighted by Crippen LogP contribution is 2.40. The molecule has 0 heterocycles. The van der Waals surface area contributed by atoms with E-state index >= 15 is 0 Å². The van der Waals surface area contributed by atoms with Crippen LogP contribution in [-0.2, 0) is 0 Å². The number of nitrogens with two attached hydrogens (primary N) is 4. The topological polar surface area (TPSA) is 134 Å². The Bertz CT molecular complexity index is 345. The fraction of sp³-hybridized carbons (Fsp3) is 0.143. The summed E-state index contributed by atoms with van der Waals surface area (Å²) >= 11 is 0. The molecule has 0 unspecified atom stereocenters. The maximum absolute atomic E-state index is 10.4. The molecule has 70 valence electrons. The first-order chi connectivity index (χ1) is 6.00. The maximum atomic E-state index is 10.4. The summed E-state index contributed by atoms with van der Waals surface area (Å²) in [6, 6.07) is 0. The van der Waals surface area contributed by atoms with Crippen molar-refractivity contribution in [3.05, 3.63) is 10.5 Å². The third kappa shape index (κ3) is 1.12. The van der Waals surface area contributed by atoms with E-state index in [9.17, 15) is 4.91 Å². The average molecular weight is 181 g/mol. The molecular weight excluding hydrogens is 170 g/mol. The second kappa shape index (κ2) is 2.81. The fourth-order valence-electron chi connectivity index (χ4n) is 1.07. The predicted molar refractivity (Wildman–Crippen MR) is 54.3 cm³/mol. The molecule has 0 atom stereocenters. The SMILES string of the molecule is Cc1c(N)c(N)c(N)c(N)c1N=O. The molecule has 0 saturated carbocycles. The van der Waals surface area contributed by atoms with Crippen molar-refractivity contribution in [2.24, 2.45) is 5.18 Å². The highest BCUT2D eigenvalue weighted by molar-refractivity contribution is 5.95. The highest BCUT2D eigenvalue weighted by Gasteiger charge is 2.15. The molecule has 8 N–H and O–H groups in total. The number of nitroso groups, excluding NO2 is 1. The van der Waals surface area contributed by atoms with Crippen molar-refractivity contribution in [3.8, 4) is 0 Å². The van der Waals surface area contributed by atoms with Crippen molar-refractivity contribution in [1.82, 2.24) is 0 Å². The van der Waals surface area contributed by atoms with Crippen molar-refractivity contribution in [1.29, 1.82) is 0 Å². The monoisotopic (exact) mass is 181 g/mol. The number of benzene rings is 1. The standard InChI is InChI=1S/C7H11N5O/c1-2-3(8)4(9)5(10)6(11)7(2)12-13/h8-11H2,1H3. The van der Waals surface area contributed by atoms with E-state index in [1.165, 1.54) is 0 Å². The van der Waals surface area contributed by atoms with E-state index < -0.39 is 0 Å². The van der Waals surface area contributed by atoms with E-state index in [0.717, 1.165) is 0 Å². The minimum atomic E-state index is 0.0594. The van der Waals surface area contributed by atoms with Gasteiger partial charge in [-0.15, -0.1) is 4.91 Å². The second-order valence-corrected chi connectivity index (χ2v) is 2.72. The summed E-state index contributed by atoms with van der Waals surface area (Å²) in [7, 11) is 0. The molecule has 0 aliphatic heterocycles. The molecule has 0 fully saturated rings. The van der Waals surface area contributed by atoms with Gasteiger partial charge < -0.3 is 22.9 Å². The van der Waals surface area contributed by atoms with Crippen LogP contribution in [0, 0.1) is 11.8 Å². The molecule has 1 rings (SSSR count). The van der Waals surface area contributed by atoms with Crippen LogP contribution in [0.15, 0.2) is 5.18 Å². The molecule has 6 nitrogen and oxygen atoms in total. The molecular formula is C7H11N5O. The van der Waals surface area contributed by atoms with Crippen LogP contribution in [0.1, 0.15) is 5.56 Å². The van der Waals surface area contributed by atoms with Crippen LogP contribution < -0.4 is 22.9 Å². The molecule has 13 heavy (non-hydrogen) atoms. The van der Waals surface area contributed by atoms with E-state index in [4.69, 9.17) is 22.9 Å². The van der Waals surface area contributed by atoms with Gasteiger partial charge in [0.15, 0.2) is 0 Å². The first-order valence-electron chi connectivity index (χ1n) is 3.56. The quantitative estimate of drug-likeness (QED) is 0.374. The summed E-state index contributed by atoms with van der Waals surface area (Å²) in [6.45, 7) is 1.61. The van der Waals surface area contributed by atoms with Crippen molar-refractivity contribution in [2.45, 2.75) is 6.92 Å². The Balaban J connectivity index is 3.66. The van der Waals surface area contributed by atoms with Crippen LogP contribution in [0.3, 0.4) is 0 Å². The van der Waals surface area contributed by atoms with Gasteiger partial charge in [-0.05, 0) is 12.1 Å². The molecule has 6 heteroatoms. The van der Waals surface area contributed by atoms with Gasteiger partial charge in [-0.2, -0.15) is 0 Å². The molecule has 0 aromatic heterocycles. The lowest BCUT2D eigenvalue weighted by atomic mass is 10.1. The zero-order valence-corrected chi connectivity index (χ0v) is 7.16. The van der Waals surface area contributed by atoms with E-state index in [-0.39, 0.29) is 28.4 Å². The Morgan fingerprint density at radius 3 is 1.85 bits per heavy atom. The molecule has 0 bridgehead atoms. The van der Waals surface area contributed by atoms with Crippen LogP contribution >= 0.6 is 0 Å². The molecule has 0 aliphatic rings. The van der Waals surface area contributed by atoms with Gasteiger partial charge in [-0.25, -0.2) is 0 Å². The molecule has 0 saturated heterocycles. The Labute approximate surface area is 74.9 Å². The number of hydrogen-bond donors (Lipinski definition) is 4. The van der Waals surface area contributed by atoms with E-state index in [1.807, 2.05) is 0 Å². The van der Waals surface area contributed by atoms with Crippen molar-refractivity contribution in [3.63, 3.8) is 0 Å². The normalized spacial score (nSPS) is 9.92. The van der Waals surface area contributed by atoms with Crippen LogP contribution in [0.2, 0.25) is 0 Å². The molecule has 0 spiro atoms. The van der Waals surface area contributed by atoms with E-state index in [0.29, 0.717) is 5.56 Å². The van der Waals surface area contributed by atoms with Gasteiger partial charge in [0, 0.05) is 5.56 Å². The summed E-state index contributed by atoms with van der Waals surface area (Å²) in [4.78, 5) is 10.4. The van der Waals surface area contributed by atoms with Gasteiger partial charge in [0.05, 0.1) is 22.7 Å². The molecule has 1 aromatic carbocycles. The fourth-order valence-corrected chi connectivity index (χ4v) is 1.07. The van der Waals surface area contributed by atoms with Crippen LogP contribution in [0.5, 0.6) is 0 Å². The summed E-state index contributed by atoms with van der Waals surface area (Å²) < 4.78 is 0. The Morgan fingerprint density at radius 2 is 1.38 bits per heavy atom.